The summed E-state index contributed by atoms with van der Waals surface area (Å²) in [6.45, 7) is 0. The van der Waals surface area contributed by atoms with E-state index in [2.05, 4.69) is 78.1 Å². The molecule has 0 atom stereocenters. The maximum atomic E-state index is 3.65. The van der Waals surface area contributed by atoms with Crippen LogP contribution in [0.5, 0.6) is 0 Å². The van der Waals surface area contributed by atoms with Gasteiger partial charge >= 0.3 is 0 Å². The summed E-state index contributed by atoms with van der Waals surface area (Å²) in [6, 6.07) is 25.9. The van der Waals surface area contributed by atoms with Crippen LogP contribution in [0.2, 0.25) is 0 Å². The molecule has 104 valence electrons. The third-order valence-corrected chi connectivity index (χ3v) is 5.45. The van der Waals surface area contributed by atoms with Crippen molar-refractivity contribution in [2.45, 2.75) is 9.79 Å². The monoisotopic (exact) mass is 299 g/mol. The lowest BCUT2D eigenvalue weighted by molar-refractivity contribution is 1.35. The van der Waals surface area contributed by atoms with E-state index < -0.39 is 0 Å². The maximum Gasteiger partial charge on any atom is 0.0612 e. The van der Waals surface area contributed by atoms with E-state index in [1.807, 2.05) is 11.8 Å². The van der Waals surface area contributed by atoms with Gasteiger partial charge < -0.3 is 5.32 Å². The molecule has 1 nitrogen and oxygen atoms in total. The Balaban J connectivity index is 1.94. The topological polar surface area (TPSA) is 12.0 Å². The number of benzene rings is 4. The molecule has 22 heavy (non-hydrogen) atoms. The summed E-state index contributed by atoms with van der Waals surface area (Å²) in [6.07, 6.45) is 0. The Labute approximate surface area is 133 Å². The first-order chi connectivity index (χ1) is 10.9. The van der Waals surface area contributed by atoms with E-state index in [1.54, 1.807) is 0 Å². The summed E-state index contributed by atoms with van der Waals surface area (Å²) in [4.78, 5) is 2.61. The molecule has 1 aliphatic heterocycles. The molecule has 0 aliphatic carbocycles. The van der Waals surface area contributed by atoms with Crippen LogP contribution in [0, 0.1) is 0 Å². The largest absolute Gasteiger partial charge is 0.353 e. The van der Waals surface area contributed by atoms with Crippen molar-refractivity contribution in [1.82, 2.24) is 0 Å². The van der Waals surface area contributed by atoms with Crippen molar-refractivity contribution in [3.05, 3.63) is 72.8 Å². The Morgan fingerprint density at radius 1 is 0.591 bits per heavy atom. The lowest BCUT2D eigenvalue weighted by Crippen LogP contribution is -2.01. The zero-order valence-corrected chi connectivity index (χ0v) is 12.7. The van der Waals surface area contributed by atoms with Gasteiger partial charge in [0.15, 0.2) is 0 Å². The van der Waals surface area contributed by atoms with Gasteiger partial charge in [-0.25, -0.2) is 0 Å². The lowest BCUT2D eigenvalue weighted by Gasteiger charge is -2.24. The zero-order valence-electron chi connectivity index (χ0n) is 11.8. The van der Waals surface area contributed by atoms with Crippen molar-refractivity contribution in [3.63, 3.8) is 0 Å². The predicted molar refractivity (Wildman–Crippen MR) is 95.3 cm³/mol. The number of hydrogen-bond acceptors (Lipinski definition) is 2. The molecule has 5 rings (SSSR count). The standard InChI is InChI=1S/C20H13NS/c1-3-9-15-13(7-1)14-8-2-4-10-16(14)20-19(15)21-17-11-5-6-12-18(17)22-20/h1-12,21H. The fourth-order valence-electron chi connectivity index (χ4n) is 3.24. The quantitative estimate of drug-likeness (QED) is 0.342. The minimum Gasteiger partial charge on any atom is -0.353 e. The van der Waals surface area contributed by atoms with Crippen LogP contribution in [0.4, 0.5) is 11.4 Å². The molecule has 4 aromatic carbocycles. The Morgan fingerprint density at radius 2 is 1.18 bits per heavy atom. The van der Waals surface area contributed by atoms with E-state index >= 15 is 0 Å². The SMILES string of the molecule is c1ccc2c(c1)Nc1c(c3ccccc3c3ccccc13)S2. The number of nitrogens with one attached hydrogen (secondary N) is 1. The van der Waals surface area contributed by atoms with Gasteiger partial charge in [-0.15, -0.1) is 0 Å². The van der Waals surface area contributed by atoms with Gasteiger partial charge in [0.2, 0.25) is 0 Å². The van der Waals surface area contributed by atoms with Crippen molar-refractivity contribution in [1.29, 1.82) is 0 Å². The molecular weight excluding hydrogens is 286 g/mol. The van der Waals surface area contributed by atoms with Crippen molar-refractivity contribution >= 4 is 44.7 Å². The molecule has 0 fully saturated rings. The number of para-hydroxylation sites is 1. The van der Waals surface area contributed by atoms with E-state index in [4.69, 9.17) is 0 Å². The van der Waals surface area contributed by atoms with E-state index in [9.17, 15) is 0 Å². The summed E-state index contributed by atoms with van der Waals surface area (Å²) in [7, 11) is 0. The summed E-state index contributed by atoms with van der Waals surface area (Å²) in [5.74, 6) is 0. The van der Waals surface area contributed by atoms with Crippen molar-refractivity contribution in [3.8, 4) is 0 Å². The van der Waals surface area contributed by atoms with Gasteiger partial charge in [0.05, 0.1) is 11.4 Å². The van der Waals surface area contributed by atoms with Gasteiger partial charge in [0.1, 0.15) is 0 Å². The molecule has 0 amide bonds. The first-order valence-electron chi connectivity index (χ1n) is 7.39. The molecule has 2 heteroatoms. The average Bonchev–Trinajstić information content (AvgIpc) is 2.61. The molecule has 1 aliphatic rings. The van der Waals surface area contributed by atoms with Crippen LogP contribution in [0.15, 0.2) is 82.6 Å². The summed E-state index contributed by atoms with van der Waals surface area (Å²) in [5, 5.41) is 8.90. The summed E-state index contributed by atoms with van der Waals surface area (Å²) >= 11 is 1.86. The summed E-state index contributed by atoms with van der Waals surface area (Å²) in [5.41, 5.74) is 2.43. The molecule has 0 bridgehead atoms. The minimum atomic E-state index is 1.19. The highest BCUT2D eigenvalue weighted by Gasteiger charge is 2.20. The first-order valence-corrected chi connectivity index (χ1v) is 8.21. The van der Waals surface area contributed by atoms with Crippen LogP contribution < -0.4 is 5.32 Å². The highest BCUT2D eigenvalue weighted by Crippen LogP contribution is 2.50. The smallest absolute Gasteiger partial charge is 0.0612 e. The molecule has 0 radical (unpaired) electrons. The normalized spacial score (nSPS) is 12.7. The zero-order chi connectivity index (χ0) is 14.5. The third kappa shape index (κ3) is 1.62. The Kier molecular flexibility index (Phi) is 2.49. The second-order valence-electron chi connectivity index (χ2n) is 5.52. The van der Waals surface area contributed by atoms with E-state index in [0.29, 0.717) is 0 Å². The highest BCUT2D eigenvalue weighted by atomic mass is 32.2. The number of anilines is 2. The van der Waals surface area contributed by atoms with E-state index in [0.717, 1.165) is 0 Å². The number of hydrogen-bond donors (Lipinski definition) is 1. The van der Waals surface area contributed by atoms with Crippen LogP contribution in [-0.2, 0) is 0 Å². The molecular formula is C20H13NS. The maximum absolute atomic E-state index is 3.65. The van der Waals surface area contributed by atoms with Gasteiger partial charge in [-0.3, -0.25) is 0 Å². The number of fused-ring (bicyclic) bond motifs is 7. The van der Waals surface area contributed by atoms with Crippen LogP contribution in [-0.4, -0.2) is 0 Å². The van der Waals surface area contributed by atoms with Gasteiger partial charge in [-0.1, -0.05) is 72.4 Å². The fraction of sp³-hybridized carbons (Fsp3) is 0. The first kappa shape index (κ1) is 12.1. The van der Waals surface area contributed by atoms with E-state index in [1.165, 1.54) is 42.7 Å². The van der Waals surface area contributed by atoms with Crippen LogP contribution >= 0.6 is 11.8 Å². The molecule has 4 aromatic rings. The molecule has 0 aromatic heterocycles. The van der Waals surface area contributed by atoms with Gasteiger partial charge in [0, 0.05) is 15.2 Å². The van der Waals surface area contributed by atoms with Crippen LogP contribution in [0.1, 0.15) is 0 Å². The fourth-order valence-corrected chi connectivity index (χ4v) is 4.39. The lowest BCUT2D eigenvalue weighted by atomic mass is 10.00. The second-order valence-corrected chi connectivity index (χ2v) is 6.57. The van der Waals surface area contributed by atoms with Crippen LogP contribution in [0.3, 0.4) is 0 Å². The highest BCUT2D eigenvalue weighted by molar-refractivity contribution is 8.00. The van der Waals surface area contributed by atoms with Gasteiger partial charge in [0.25, 0.3) is 0 Å². The van der Waals surface area contributed by atoms with Gasteiger partial charge in [-0.05, 0) is 28.3 Å². The van der Waals surface area contributed by atoms with Crippen LogP contribution in [0.25, 0.3) is 21.5 Å². The van der Waals surface area contributed by atoms with Gasteiger partial charge in [-0.2, -0.15) is 0 Å². The average molecular weight is 299 g/mol. The second kappa shape index (κ2) is 4.52. The molecule has 0 saturated heterocycles. The van der Waals surface area contributed by atoms with Crippen molar-refractivity contribution in [2.75, 3.05) is 5.32 Å². The summed E-state index contributed by atoms with van der Waals surface area (Å²) < 4.78 is 0. The van der Waals surface area contributed by atoms with Crippen molar-refractivity contribution < 1.29 is 0 Å². The van der Waals surface area contributed by atoms with Crippen molar-refractivity contribution in [2.24, 2.45) is 0 Å². The minimum absolute atomic E-state index is 1.19. The molecule has 0 saturated carbocycles. The molecule has 0 spiro atoms. The molecule has 1 N–H and O–H groups in total. The molecule has 1 heterocycles. The van der Waals surface area contributed by atoms with E-state index in [-0.39, 0.29) is 0 Å². The Bertz CT molecular complexity index is 952. The predicted octanol–water partition coefficient (Wildman–Crippen LogP) is 6.20. The molecule has 0 unspecified atom stereocenters. The number of rotatable bonds is 0. The Morgan fingerprint density at radius 3 is 2.00 bits per heavy atom. The third-order valence-electron chi connectivity index (χ3n) is 4.24. The Hall–Kier alpha value is -2.45.